The van der Waals surface area contributed by atoms with Gasteiger partial charge in [-0.2, -0.15) is 8.42 Å². The van der Waals surface area contributed by atoms with Crippen LogP contribution in [0.2, 0.25) is 10.0 Å². The molecule has 0 radical (unpaired) electrons. The number of anilines is 2. The van der Waals surface area contributed by atoms with Gasteiger partial charge < -0.3 is 20.8 Å². The van der Waals surface area contributed by atoms with E-state index in [4.69, 9.17) is 27.8 Å². The number of carbonyl (C=O) groups is 2. The van der Waals surface area contributed by atoms with Gasteiger partial charge in [0, 0.05) is 11.4 Å². The number of halogens is 2. The van der Waals surface area contributed by atoms with Crippen LogP contribution < -0.4 is 10.6 Å². The lowest BCUT2D eigenvalue weighted by Crippen LogP contribution is -2.11. The first-order valence-electron chi connectivity index (χ1n) is 13.7. The predicted octanol–water partition coefficient (Wildman–Crippen LogP) is 8.93. The average Bonchev–Trinajstić information content (AvgIpc) is 3.04. The molecule has 0 saturated carbocycles. The number of azo groups is 2. The summed E-state index contributed by atoms with van der Waals surface area (Å²) in [7, 11) is -4.41. The molecule has 246 valence electrons. The number of nitrogens with one attached hydrogen (secondary N) is 2. The van der Waals surface area contributed by atoms with Crippen LogP contribution in [-0.2, 0) is 19.7 Å². The van der Waals surface area contributed by atoms with Crippen molar-refractivity contribution in [1.29, 1.82) is 0 Å². The zero-order valence-electron chi connectivity index (χ0n) is 25.1. The zero-order valence-corrected chi connectivity index (χ0v) is 27.4. The summed E-state index contributed by atoms with van der Waals surface area (Å²) in [6.07, 6.45) is 0. The zero-order chi connectivity index (χ0) is 35.0. The molecule has 5 N–H and O–H groups in total. The SMILES string of the molecule is C/C(O)=C(/Nc1ccccc1)C(=O)N=Nc1ccc(-c2ccc(N=NC(=O)/C(Nc3ccc(S(=O)(=O)O)cc3)=C(\C)O)c(Cl)c2)cc1Cl. The predicted molar refractivity (Wildman–Crippen MR) is 182 cm³/mol. The molecule has 0 aliphatic rings. The Morgan fingerprint density at radius 3 is 1.44 bits per heavy atom. The van der Waals surface area contributed by atoms with Crippen LogP contribution in [0.5, 0.6) is 0 Å². The van der Waals surface area contributed by atoms with Crippen molar-refractivity contribution < 1.29 is 32.8 Å². The van der Waals surface area contributed by atoms with E-state index < -0.39 is 27.7 Å². The highest BCUT2D eigenvalue weighted by atomic mass is 35.5. The van der Waals surface area contributed by atoms with Gasteiger partial charge in [0.2, 0.25) is 0 Å². The molecule has 48 heavy (non-hydrogen) atoms. The van der Waals surface area contributed by atoms with Gasteiger partial charge in [-0.25, -0.2) is 0 Å². The van der Waals surface area contributed by atoms with E-state index in [2.05, 4.69) is 31.1 Å². The highest BCUT2D eigenvalue weighted by Gasteiger charge is 2.16. The van der Waals surface area contributed by atoms with Crippen LogP contribution in [0.1, 0.15) is 13.8 Å². The highest BCUT2D eigenvalue weighted by molar-refractivity contribution is 7.85. The van der Waals surface area contributed by atoms with E-state index in [1.54, 1.807) is 60.7 Å². The van der Waals surface area contributed by atoms with E-state index in [1.807, 2.05) is 0 Å². The van der Waals surface area contributed by atoms with Gasteiger partial charge in [-0.05, 0) is 85.6 Å². The summed E-state index contributed by atoms with van der Waals surface area (Å²) in [4.78, 5) is 25.0. The van der Waals surface area contributed by atoms with Gasteiger partial charge in [-0.1, -0.05) is 53.5 Å². The topological polar surface area (TPSA) is 202 Å². The van der Waals surface area contributed by atoms with E-state index >= 15 is 0 Å². The van der Waals surface area contributed by atoms with Gasteiger partial charge in [0.1, 0.15) is 34.3 Å². The molecule has 0 atom stereocenters. The number of hydrogen-bond donors (Lipinski definition) is 5. The van der Waals surface area contributed by atoms with Gasteiger partial charge in [-0.3, -0.25) is 14.1 Å². The monoisotopic (exact) mass is 708 g/mol. The molecule has 4 aromatic carbocycles. The number of para-hydroxylation sites is 1. The van der Waals surface area contributed by atoms with Gasteiger partial charge in [0.25, 0.3) is 10.1 Å². The summed E-state index contributed by atoms with van der Waals surface area (Å²) in [5, 5.41) is 40.9. The Morgan fingerprint density at radius 1 is 0.646 bits per heavy atom. The Morgan fingerprint density at radius 2 is 1.06 bits per heavy atom. The van der Waals surface area contributed by atoms with Crippen LogP contribution in [0.4, 0.5) is 22.7 Å². The van der Waals surface area contributed by atoms with Crippen molar-refractivity contribution in [3.8, 4) is 11.1 Å². The summed E-state index contributed by atoms with van der Waals surface area (Å²) in [6, 6.07) is 23.1. The summed E-state index contributed by atoms with van der Waals surface area (Å²) < 4.78 is 31.6. The van der Waals surface area contributed by atoms with Gasteiger partial charge >= 0.3 is 11.8 Å². The van der Waals surface area contributed by atoms with Crippen molar-refractivity contribution in [2.24, 2.45) is 20.5 Å². The van der Waals surface area contributed by atoms with Crippen molar-refractivity contribution in [3.63, 3.8) is 0 Å². The molecule has 0 saturated heterocycles. The lowest BCUT2D eigenvalue weighted by molar-refractivity contribution is -0.115. The smallest absolute Gasteiger partial charge is 0.315 e. The molecule has 0 unspecified atom stereocenters. The maximum Gasteiger partial charge on any atom is 0.315 e. The van der Waals surface area contributed by atoms with Crippen LogP contribution in [-0.4, -0.2) is 35.0 Å². The van der Waals surface area contributed by atoms with Crippen LogP contribution in [0.3, 0.4) is 0 Å². The second kappa shape index (κ2) is 15.5. The number of benzene rings is 4. The summed E-state index contributed by atoms with van der Waals surface area (Å²) in [6.45, 7) is 2.59. The molecule has 0 spiro atoms. The van der Waals surface area contributed by atoms with Crippen molar-refractivity contribution >= 4 is 67.9 Å². The van der Waals surface area contributed by atoms with E-state index in [0.29, 0.717) is 16.8 Å². The largest absolute Gasteiger partial charge is 0.510 e. The number of hydrogen-bond acceptors (Lipinski definition) is 10. The maximum absolute atomic E-state index is 12.7. The molecular weight excluding hydrogens is 683 g/mol. The third-order valence-electron chi connectivity index (χ3n) is 6.34. The summed E-state index contributed by atoms with van der Waals surface area (Å²) in [5.41, 5.74) is 1.94. The number of amides is 2. The Kier molecular flexibility index (Phi) is 11.4. The summed E-state index contributed by atoms with van der Waals surface area (Å²) in [5.74, 6) is -2.43. The van der Waals surface area contributed by atoms with E-state index in [9.17, 15) is 28.2 Å². The Balaban J connectivity index is 1.45. The molecule has 4 aromatic rings. The maximum atomic E-state index is 12.7. The van der Waals surface area contributed by atoms with E-state index in [-0.39, 0.29) is 49.2 Å². The molecule has 0 aliphatic heterocycles. The fraction of sp³-hybridized carbons (Fsp3) is 0.0625. The van der Waals surface area contributed by atoms with E-state index in [1.165, 1.54) is 32.0 Å². The van der Waals surface area contributed by atoms with Crippen LogP contribution >= 0.6 is 23.2 Å². The molecule has 0 heterocycles. The normalized spacial score (nSPS) is 12.9. The number of nitrogens with zero attached hydrogens (tertiary/aromatic N) is 4. The molecule has 0 fully saturated rings. The minimum Gasteiger partial charge on any atom is -0.510 e. The molecular formula is C32H26Cl2N6O7S. The molecule has 0 aromatic heterocycles. The first-order chi connectivity index (χ1) is 22.7. The molecule has 13 nitrogen and oxygen atoms in total. The van der Waals surface area contributed by atoms with Crippen LogP contribution in [0, 0.1) is 0 Å². The number of aliphatic hydroxyl groups excluding tert-OH is 2. The second-order valence-electron chi connectivity index (χ2n) is 9.88. The number of rotatable bonds is 10. The fourth-order valence-corrected chi connectivity index (χ4v) is 4.87. The third-order valence-corrected chi connectivity index (χ3v) is 7.82. The van der Waals surface area contributed by atoms with Crippen molar-refractivity contribution in [1.82, 2.24) is 0 Å². The van der Waals surface area contributed by atoms with Gasteiger partial charge in [-0.15, -0.1) is 20.5 Å². The number of carbonyl (C=O) groups excluding carboxylic acids is 2. The Hall–Kier alpha value is -5.41. The Labute approximate surface area is 284 Å². The van der Waals surface area contributed by atoms with Crippen LogP contribution in [0.15, 0.2) is 139 Å². The highest BCUT2D eigenvalue weighted by Crippen LogP contribution is 2.35. The summed E-state index contributed by atoms with van der Waals surface area (Å²) >= 11 is 12.8. The van der Waals surface area contributed by atoms with Gasteiger partial charge in [0.15, 0.2) is 0 Å². The van der Waals surface area contributed by atoms with Crippen LogP contribution in [0.25, 0.3) is 11.1 Å². The first-order valence-corrected chi connectivity index (χ1v) is 15.9. The molecule has 2 amide bonds. The lowest BCUT2D eigenvalue weighted by Gasteiger charge is -2.09. The van der Waals surface area contributed by atoms with Crippen molar-refractivity contribution in [2.45, 2.75) is 18.7 Å². The Bertz CT molecular complexity index is 2090. The number of aliphatic hydroxyl groups is 2. The second-order valence-corrected chi connectivity index (χ2v) is 12.1. The molecule has 0 bridgehead atoms. The fourth-order valence-electron chi connectivity index (χ4n) is 3.95. The quantitative estimate of drug-likeness (QED) is 0.0461. The first kappa shape index (κ1) is 35.4. The van der Waals surface area contributed by atoms with Gasteiger partial charge in [0.05, 0.1) is 14.9 Å². The average molecular weight is 710 g/mol. The van der Waals surface area contributed by atoms with Crippen molar-refractivity contribution in [2.75, 3.05) is 10.6 Å². The van der Waals surface area contributed by atoms with Crippen molar-refractivity contribution in [3.05, 3.63) is 124 Å². The standard InChI is InChI=1S/C32H26Cl2N6O7S/c1-18(41)29(35-22-6-4-3-5-7-22)31(43)39-37-27-14-8-20(16-25(27)33)21-9-15-28(26(34)17-21)38-40-32(44)30(19(2)42)36-23-10-12-24(13-11-23)48(45,46)47/h3-17,35-36,41-42H,1-2H3,(H,45,46,47)/b29-18-,30-19-,39-37?,40-38?. The lowest BCUT2D eigenvalue weighted by atomic mass is 10.1. The minimum atomic E-state index is -4.41. The molecule has 16 heteroatoms. The molecule has 0 aliphatic carbocycles. The van der Waals surface area contributed by atoms with E-state index in [0.717, 1.165) is 12.1 Å². The molecule has 4 rings (SSSR count). The number of allylic oxidation sites excluding steroid dienone is 2. The minimum absolute atomic E-state index is 0.138. The third kappa shape index (κ3) is 9.33.